The number of methoxy groups -OCH3 is 1. The van der Waals surface area contributed by atoms with Crippen molar-refractivity contribution in [3.05, 3.63) is 29.3 Å². The largest absolute Gasteiger partial charge is 0.497 e. The van der Waals surface area contributed by atoms with Crippen molar-refractivity contribution in [3.63, 3.8) is 0 Å². The van der Waals surface area contributed by atoms with Gasteiger partial charge in [0, 0.05) is 12.0 Å². The highest BCUT2D eigenvalue weighted by Crippen LogP contribution is 2.30. The molecule has 0 saturated carbocycles. The number of hydrogen-bond donors (Lipinski definition) is 0. The summed E-state index contributed by atoms with van der Waals surface area (Å²) in [4.78, 5) is 21.6. The fraction of sp³-hybridized carbons (Fsp3) is 0.182. The number of rotatable bonds is 1. The van der Waals surface area contributed by atoms with Crippen molar-refractivity contribution in [2.75, 3.05) is 7.11 Å². The number of benzene rings is 1. The van der Waals surface area contributed by atoms with Crippen LogP contribution >= 0.6 is 0 Å². The lowest BCUT2D eigenvalue weighted by molar-refractivity contribution is -0.130. The van der Waals surface area contributed by atoms with Crippen molar-refractivity contribution < 1.29 is 19.1 Å². The van der Waals surface area contributed by atoms with Gasteiger partial charge in [-0.3, -0.25) is 0 Å². The summed E-state index contributed by atoms with van der Waals surface area (Å²) >= 11 is 0. The molecule has 0 spiro atoms. The smallest absolute Gasteiger partial charge is 0.350 e. The molecule has 0 fully saturated rings. The van der Waals surface area contributed by atoms with Crippen LogP contribution in [-0.2, 0) is 16.0 Å². The summed E-state index contributed by atoms with van der Waals surface area (Å²) in [5.41, 5.74) is 0.767. The molecule has 0 bridgehead atoms. The van der Waals surface area contributed by atoms with E-state index in [0.717, 1.165) is 5.56 Å². The van der Waals surface area contributed by atoms with Gasteiger partial charge in [0.05, 0.1) is 7.11 Å². The Bertz CT molecular complexity index is 469. The first-order chi connectivity index (χ1) is 7.24. The quantitative estimate of drug-likeness (QED) is 0.295. The first-order valence-corrected chi connectivity index (χ1v) is 4.37. The van der Waals surface area contributed by atoms with Crippen molar-refractivity contribution in [3.8, 4) is 11.5 Å². The van der Waals surface area contributed by atoms with Gasteiger partial charge in [-0.15, -0.1) is 0 Å². The van der Waals surface area contributed by atoms with Crippen molar-refractivity contribution >= 4 is 11.9 Å². The molecule has 1 aliphatic rings. The molecule has 15 heavy (non-hydrogen) atoms. The number of esters is 1. The first-order valence-electron chi connectivity index (χ1n) is 4.37. The lowest BCUT2D eigenvalue weighted by atomic mass is 10.0. The van der Waals surface area contributed by atoms with Crippen LogP contribution in [0.15, 0.2) is 23.8 Å². The molecular formula is C11H8O4. The van der Waals surface area contributed by atoms with Crippen molar-refractivity contribution in [1.82, 2.24) is 0 Å². The molecule has 1 aliphatic heterocycles. The van der Waals surface area contributed by atoms with Crippen LogP contribution in [0.3, 0.4) is 0 Å². The number of carbonyl (C=O) groups excluding carboxylic acids is 2. The minimum atomic E-state index is -0.623. The summed E-state index contributed by atoms with van der Waals surface area (Å²) < 4.78 is 9.97. The molecule has 76 valence electrons. The standard InChI is InChI=1S/C11H8O4/c1-14-9-2-3-10-7(5-9)4-8(6-12)11(13)15-10/h2-3,5H,4H2,1H3. The van der Waals surface area contributed by atoms with E-state index in [2.05, 4.69) is 0 Å². The monoisotopic (exact) mass is 204 g/mol. The van der Waals surface area contributed by atoms with E-state index in [9.17, 15) is 9.59 Å². The molecule has 0 amide bonds. The molecule has 4 heteroatoms. The zero-order valence-electron chi connectivity index (χ0n) is 8.07. The van der Waals surface area contributed by atoms with Gasteiger partial charge in [0.25, 0.3) is 0 Å². The average Bonchev–Trinajstić information content (AvgIpc) is 2.27. The molecule has 0 radical (unpaired) electrons. The third-order valence-corrected chi connectivity index (χ3v) is 2.21. The first kappa shape index (κ1) is 9.49. The van der Waals surface area contributed by atoms with E-state index in [4.69, 9.17) is 9.47 Å². The van der Waals surface area contributed by atoms with E-state index in [1.54, 1.807) is 31.3 Å². The zero-order valence-corrected chi connectivity index (χ0v) is 8.07. The second-order valence-electron chi connectivity index (χ2n) is 3.12. The predicted octanol–water partition coefficient (Wildman–Crippen LogP) is 0.915. The molecule has 1 heterocycles. The molecule has 1 aromatic rings. The van der Waals surface area contributed by atoms with Gasteiger partial charge >= 0.3 is 5.97 Å². The number of carbonyl (C=O) groups is 1. The Morgan fingerprint density at radius 3 is 2.93 bits per heavy atom. The van der Waals surface area contributed by atoms with Gasteiger partial charge < -0.3 is 9.47 Å². The van der Waals surface area contributed by atoms with Crippen LogP contribution < -0.4 is 9.47 Å². The van der Waals surface area contributed by atoms with E-state index < -0.39 is 5.97 Å². The lowest BCUT2D eigenvalue weighted by Crippen LogP contribution is -2.19. The van der Waals surface area contributed by atoms with Crippen molar-refractivity contribution in [1.29, 1.82) is 0 Å². The summed E-state index contributed by atoms with van der Waals surface area (Å²) in [5, 5.41) is 0. The van der Waals surface area contributed by atoms with Crippen LogP contribution in [0.25, 0.3) is 0 Å². The van der Waals surface area contributed by atoms with Crippen LogP contribution in [0.5, 0.6) is 11.5 Å². The Hall–Kier alpha value is -2.06. The highest BCUT2D eigenvalue weighted by Gasteiger charge is 2.23. The summed E-state index contributed by atoms with van der Waals surface area (Å²) in [6, 6.07) is 5.08. The van der Waals surface area contributed by atoms with Gasteiger partial charge in [0.15, 0.2) is 0 Å². The maximum atomic E-state index is 11.2. The number of hydrogen-bond acceptors (Lipinski definition) is 4. The SMILES string of the molecule is COc1ccc2c(c1)CC(=C=O)C(=O)O2. The third-order valence-electron chi connectivity index (χ3n) is 2.21. The summed E-state index contributed by atoms with van der Waals surface area (Å²) in [6.45, 7) is 0. The molecular weight excluding hydrogens is 196 g/mol. The Balaban J connectivity index is 2.46. The summed E-state index contributed by atoms with van der Waals surface area (Å²) in [7, 11) is 1.55. The normalized spacial score (nSPS) is 13.9. The highest BCUT2D eigenvalue weighted by atomic mass is 16.5. The molecule has 0 atom stereocenters. The number of ether oxygens (including phenoxy) is 2. The van der Waals surface area contributed by atoms with Gasteiger partial charge in [-0.2, -0.15) is 0 Å². The Morgan fingerprint density at radius 2 is 2.27 bits per heavy atom. The van der Waals surface area contributed by atoms with Crippen molar-refractivity contribution in [2.45, 2.75) is 6.42 Å². The van der Waals surface area contributed by atoms with E-state index in [1.807, 2.05) is 0 Å². The van der Waals surface area contributed by atoms with Crippen LogP contribution in [0.2, 0.25) is 0 Å². The van der Waals surface area contributed by atoms with Gasteiger partial charge in [0.2, 0.25) is 0 Å². The third kappa shape index (κ3) is 1.63. The molecule has 1 aromatic carbocycles. The molecule has 0 aliphatic carbocycles. The Kier molecular flexibility index (Phi) is 2.27. The molecule has 0 N–H and O–H groups in total. The second-order valence-corrected chi connectivity index (χ2v) is 3.12. The zero-order chi connectivity index (χ0) is 10.8. The molecule has 0 aromatic heterocycles. The fourth-order valence-corrected chi connectivity index (χ4v) is 1.42. The maximum Gasteiger partial charge on any atom is 0.350 e. The van der Waals surface area contributed by atoms with Gasteiger partial charge in [0.1, 0.15) is 23.0 Å². The van der Waals surface area contributed by atoms with Crippen LogP contribution in [0, 0.1) is 0 Å². The number of fused-ring (bicyclic) bond motifs is 1. The molecule has 0 saturated heterocycles. The highest BCUT2D eigenvalue weighted by molar-refractivity contribution is 6.00. The minimum Gasteiger partial charge on any atom is -0.497 e. The van der Waals surface area contributed by atoms with Gasteiger partial charge in [-0.05, 0) is 18.2 Å². The van der Waals surface area contributed by atoms with E-state index in [1.165, 1.54) is 0 Å². The topological polar surface area (TPSA) is 52.6 Å². The van der Waals surface area contributed by atoms with Gasteiger partial charge in [-0.25, -0.2) is 9.59 Å². The van der Waals surface area contributed by atoms with E-state index >= 15 is 0 Å². The molecule has 2 rings (SSSR count). The van der Waals surface area contributed by atoms with E-state index in [-0.39, 0.29) is 12.0 Å². The predicted molar refractivity (Wildman–Crippen MR) is 51.5 cm³/mol. The van der Waals surface area contributed by atoms with E-state index in [0.29, 0.717) is 11.5 Å². The average molecular weight is 204 g/mol. The van der Waals surface area contributed by atoms with Crippen LogP contribution in [-0.4, -0.2) is 19.0 Å². The fourth-order valence-electron chi connectivity index (χ4n) is 1.42. The minimum absolute atomic E-state index is 0.00996. The van der Waals surface area contributed by atoms with Crippen molar-refractivity contribution in [2.24, 2.45) is 0 Å². The lowest BCUT2D eigenvalue weighted by Gasteiger charge is -2.16. The van der Waals surface area contributed by atoms with Gasteiger partial charge in [-0.1, -0.05) is 0 Å². The Morgan fingerprint density at radius 1 is 1.47 bits per heavy atom. The molecule has 4 nitrogen and oxygen atoms in total. The maximum absolute atomic E-state index is 11.2. The Labute approximate surface area is 86.1 Å². The van der Waals surface area contributed by atoms with Crippen LogP contribution in [0.4, 0.5) is 0 Å². The molecule has 0 unspecified atom stereocenters. The summed E-state index contributed by atoms with van der Waals surface area (Å²) in [6.07, 6.45) is 0.245. The summed E-state index contributed by atoms with van der Waals surface area (Å²) in [5.74, 6) is 2.10. The van der Waals surface area contributed by atoms with Crippen LogP contribution in [0.1, 0.15) is 5.56 Å². The second kappa shape index (κ2) is 3.59.